The highest BCUT2D eigenvalue weighted by molar-refractivity contribution is 14.0. The maximum atomic E-state index is 5.93. The zero-order chi connectivity index (χ0) is 17.9. The first kappa shape index (κ1) is 20.8. The molecule has 9 heteroatoms. The van der Waals surface area contributed by atoms with Crippen molar-refractivity contribution in [1.29, 1.82) is 0 Å². The number of ether oxygens (including phenoxy) is 2. The fourth-order valence-corrected chi connectivity index (χ4v) is 3.95. The summed E-state index contributed by atoms with van der Waals surface area (Å²) in [4.78, 5) is 11.3. The van der Waals surface area contributed by atoms with Crippen LogP contribution in [0.15, 0.2) is 34.0 Å². The first-order chi connectivity index (χ1) is 12.7. The van der Waals surface area contributed by atoms with Gasteiger partial charge in [0.25, 0.3) is 0 Å². The number of nitrogens with one attached hydrogen (secondary N) is 1. The molecule has 2 atom stereocenters. The van der Waals surface area contributed by atoms with Crippen LogP contribution in [0.3, 0.4) is 0 Å². The van der Waals surface area contributed by atoms with E-state index in [1.54, 1.807) is 0 Å². The number of aromatic nitrogens is 2. The zero-order valence-corrected chi connectivity index (χ0v) is 19.2. The van der Waals surface area contributed by atoms with Crippen molar-refractivity contribution in [2.24, 2.45) is 4.99 Å². The molecule has 0 bridgehead atoms. The van der Waals surface area contributed by atoms with Crippen LogP contribution in [0.4, 0.5) is 0 Å². The van der Waals surface area contributed by atoms with E-state index in [-0.39, 0.29) is 36.2 Å². The molecule has 2 aromatic heterocycles. The molecule has 2 fully saturated rings. The molecule has 0 spiro atoms. The Labute approximate surface area is 184 Å². The molecule has 27 heavy (non-hydrogen) atoms. The van der Waals surface area contributed by atoms with E-state index in [1.165, 1.54) is 0 Å². The van der Waals surface area contributed by atoms with Crippen LogP contribution < -0.4 is 5.32 Å². The van der Waals surface area contributed by atoms with Gasteiger partial charge in [0, 0.05) is 43.6 Å². The fourth-order valence-electron chi connectivity index (χ4n) is 3.59. The van der Waals surface area contributed by atoms with E-state index in [2.05, 4.69) is 36.1 Å². The molecule has 2 aliphatic rings. The molecular formula is C18H25BrIN5O2. The van der Waals surface area contributed by atoms with Crippen LogP contribution in [0.1, 0.15) is 18.5 Å². The molecule has 7 nitrogen and oxygen atoms in total. The van der Waals surface area contributed by atoms with Crippen molar-refractivity contribution < 1.29 is 9.47 Å². The van der Waals surface area contributed by atoms with Crippen molar-refractivity contribution in [2.45, 2.75) is 31.6 Å². The third-order valence-electron chi connectivity index (χ3n) is 4.88. The summed E-state index contributed by atoms with van der Waals surface area (Å²) < 4.78 is 14.8. The van der Waals surface area contributed by atoms with Crippen molar-refractivity contribution in [2.75, 3.05) is 33.4 Å². The second-order valence-electron chi connectivity index (χ2n) is 6.65. The number of nitrogens with zero attached hydrogens (tertiary/aromatic N) is 4. The summed E-state index contributed by atoms with van der Waals surface area (Å²) in [7, 11) is 1.82. The number of hydrogen-bond acceptors (Lipinski definition) is 4. The van der Waals surface area contributed by atoms with Gasteiger partial charge in [0.15, 0.2) is 5.96 Å². The number of guanidine groups is 1. The van der Waals surface area contributed by atoms with E-state index in [1.807, 2.05) is 36.0 Å². The maximum Gasteiger partial charge on any atom is 0.194 e. The summed E-state index contributed by atoms with van der Waals surface area (Å²) in [5.74, 6) is 0.884. The number of pyridine rings is 1. The highest BCUT2D eigenvalue weighted by Crippen LogP contribution is 2.21. The van der Waals surface area contributed by atoms with Crippen LogP contribution in [0.2, 0.25) is 0 Å². The molecular weight excluding hydrogens is 525 g/mol. The lowest BCUT2D eigenvalue weighted by molar-refractivity contribution is -0.0817. The predicted molar refractivity (Wildman–Crippen MR) is 119 cm³/mol. The van der Waals surface area contributed by atoms with Gasteiger partial charge in [-0.2, -0.15) is 0 Å². The molecule has 2 unspecified atom stereocenters. The molecule has 2 aliphatic heterocycles. The van der Waals surface area contributed by atoms with Crippen molar-refractivity contribution in [3.63, 3.8) is 0 Å². The molecule has 0 aliphatic carbocycles. The molecule has 4 rings (SSSR count). The summed E-state index contributed by atoms with van der Waals surface area (Å²) >= 11 is 3.49. The van der Waals surface area contributed by atoms with Crippen LogP contribution in [0.25, 0.3) is 5.65 Å². The highest BCUT2D eigenvalue weighted by Gasteiger charge is 2.32. The molecule has 2 aromatic rings. The number of imidazole rings is 1. The lowest BCUT2D eigenvalue weighted by Crippen LogP contribution is -2.53. The fraction of sp³-hybridized carbons (Fsp3) is 0.556. The minimum absolute atomic E-state index is 0. The van der Waals surface area contributed by atoms with Crippen LogP contribution in [-0.2, 0) is 16.0 Å². The van der Waals surface area contributed by atoms with Crippen molar-refractivity contribution in [3.8, 4) is 0 Å². The first-order valence-electron chi connectivity index (χ1n) is 9.05. The van der Waals surface area contributed by atoms with Crippen LogP contribution >= 0.6 is 39.9 Å². The monoisotopic (exact) mass is 549 g/mol. The standard InChI is InChI=1S/C18H24BrN5O2.HI/c1-20-18(23-6-8-26-16(12-23)15-3-2-7-25-15)21-9-14-11-24-10-13(19)4-5-17(24)22-14;/h4-5,10-11,15-16H,2-3,6-9,12H2,1H3,(H,20,21);1H. The second kappa shape index (κ2) is 9.53. The number of fused-ring (bicyclic) bond motifs is 1. The van der Waals surface area contributed by atoms with E-state index in [4.69, 9.17) is 9.47 Å². The highest BCUT2D eigenvalue weighted by atomic mass is 127. The quantitative estimate of drug-likeness (QED) is 0.362. The van der Waals surface area contributed by atoms with Gasteiger partial charge in [-0.15, -0.1) is 24.0 Å². The minimum atomic E-state index is 0. The Balaban J connectivity index is 0.00000210. The molecule has 1 N–H and O–H groups in total. The number of hydrogen-bond donors (Lipinski definition) is 1. The summed E-state index contributed by atoms with van der Waals surface area (Å²) in [6, 6.07) is 3.99. The number of aliphatic imine (C=N–C) groups is 1. The normalized spacial score (nSPS) is 23.5. The number of halogens is 2. The molecule has 0 amide bonds. The van der Waals surface area contributed by atoms with E-state index in [0.717, 1.165) is 54.3 Å². The van der Waals surface area contributed by atoms with E-state index < -0.39 is 0 Å². The van der Waals surface area contributed by atoms with Gasteiger partial charge in [-0.25, -0.2) is 4.98 Å². The van der Waals surface area contributed by atoms with Gasteiger partial charge in [0.1, 0.15) is 11.8 Å². The average Bonchev–Trinajstić information content (AvgIpc) is 3.32. The number of rotatable bonds is 3. The van der Waals surface area contributed by atoms with Gasteiger partial charge in [-0.05, 0) is 40.9 Å². The van der Waals surface area contributed by atoms with E-state index >= 15 is 0 Å². The SMILES string of the molecule is CN=C(NCc1cn2cc(Br)ccc2n1)N1CCOC(C2CCCO2)C1.I. The van der Waals surface area contributed by atoms with Crippen molar-refractivity contribution in [3.05, 3.63) is 34.7 Å². The summed E-state index contributed by atoms with van der Waals surface area (Å²) in [5.41, 5.74) is 1.91. The zero-order valence-electron chi connectivity index (χ0n) is 15.3. The van der Waals surface area contributed by atoms with Crippen molar-refractivity contribution >= 4 is 51.5 Å². The van der Waals surface area contributed by atoms with Crippen LogP contribution in [0, 0.1) is 0 Å². The van der Waals surface area contributed by atoms with Gasteiger partial charge in [0.05, 0.1) is 24.9 Å². The van der Waals surface area contributed by atoms with E-state index in [0.29, 0.717) is 13.2 Å². The largest absolute Gasteiger partial charge is 0.375 e. The third kappa shape index (κ3) is 4.93. The molecule has 0 radical (unpaired) electrons. The van der Waals surface area contributed by atoms with Crippen LogP contribution in [-0.4, -0.2) is 65.8 Å². The van der Waals surface area contributed by atoms with Gasteiger partial charge >= 0.3 is 0 Å². The lowest BCUT2D eigenvalue weighted by Gasteiger charge is -2.37. The van der Waals surface area contributed by atoms with Crippen LogP contribution in [0.5, 0.6) is 0 Å². The summed E-state index contributed by atoms with van der Waals surface area (Å²) in [6.07, 6.45) is 6.59. The Kier molecular flexibility index (Phi) is 7.35. The molecule has 148 valence electrons. The van der Waals surface area contributed by atoms with Gasteiger partial charge < -0.3 is 24.1 Å². The van der Waals surface area contributed by atoms with E-state index in [9.17, 15) is 0 Å². The minimum Gasteiger partial charge on any atom is -0.375 e. The third-order valence-corrected chi connectivity index (χ3v) is 5.35. The maximum absolute atomic E-state index is 5.93. The van der Waals surface area contributed by atoms with Crippen molar-refractivity contribution in [1.82, 2.24) is 19.6 Å². The Hall–Kier alpha value is -0.910. The molecule has 0 aromatic carbocycles. The lowest BCUT2D eigenvalue weighted by atomic mass is 10.1. The Morgan fingerprint density at radius 2 is 2.15 bits per heavy atom. The molecule has 4 heterocycles. The van der Waals surface area contributed by atoms with Gasteiger partial charge in [0.2, 0.25) is 0 Å². The summed E-state index contributed by atoms with van der Waals surface area (Å²) in [5, 5.41) is 3.43. The molecule has 2 saturated heterocycles. The van der Waals surface area contributed by atoms with Gasteiger partial charge in [-0.3, -0.25) is 4.99 Å². The second-order valence-corrected chi connectivity index (χ2v) is 7.57. The summed E-state index contributed by atoms with van der Waals surface area (Å²) in [6.45, 7) is 3.83. The van der Waals surface area contributed by atoms with Gasteiger partial charge in [-0.1, -0.05) is 0 Å². The Bertz CT molecular complexity index is 793. The smallest absolute Gasteiger partial charge is 0.194 e. The average molecular weight is 550 g/mol. The topological polar surface area (TPSA) is 63.4 Å². The first-order valence-corrected chi connectivity index (χ1v) is 9.84. The Morgan fingerprint density at radius 1 is 1.30 bits per heavy atom. The number of morpholine rings is 1. The Morgan fingerprint density at radius 3 is 2.93 bits per heavy atom. The predicted octanol–water partition coefficient (Wildman–Crippen LogP) is 2.67. The molecule has 0 saturated carbocycles.